The molecular formula is C33H37BFNO8. The zero-order valence-corrected chi connectivity index (χ0v) is 25.9. The predicted molar refractivity (Wildman–Crippen MR) is 162 cm³/mol. The summed E-state index contributed by atoms with van der Waals surface area (Å²) in [7, 11) is 0.529. The van der Waals surface area contributed by atoms with E-state index in [1.165, 1.54) is 4.90 Å². The van der Waals surface area contributed by atoms with E-state index >= 15 is 4.39 Å². The lowest BCUT2D eigenvalue weighted by Gasteiger charge is -2.22. The molecule has 0 spiro atoms. The first kappa shape index (κ1) is 31.5. The summed E-state index contributed by atoms with van der Waals surface area (Å²) < 4.78 is 49.5. The van der Waals surface area contributed by atoms with E-state index in [1.807, 2.05) is 45.9 Å². The van der Waals surface area contributed by atoms with E-state index in [0.717, 1.165) is 27.8 Å². The minimum absolute atomic E-state index is 0.000873. The fourth-order valence-electron chi connectivity index (χ4n) is 5.43. The van der Waals surface area contributed by atoms with Gasteiger partial charge in [-0.2, -0.15) is 0 Å². The van der Waals surface area contributed by atoms with Crippen LogP contribution in [0.3, 0.4) is 0 Å². The molecule has 0 unspecified atom stereocenters. The Bertz CT molecular complexity index is 1520. The lowest BCUT2D eigenvalue weighted by Crippen LogP contribution is -2.47. The van der Waals surface area contributed by atoms with Crippen molar-refractivity contribution in [3.63, 3.8) is 0 Å². The molecule has 2 aliphatic heterocycles. The number of nitrogens with zero attached hydrogens (tertiary/aromatic N) is 1. The molecule has 0 bridgehead atoms. The SMILES string of the molecule is Cc1cc(OC[C@H]2COC(C)(C)O2)c(F)c(C)c1-c1cccc(COc2ccc(B3OC(=O)CN(C)CC(=O)O3)cc2)c1C. The van der Waals surface area contributed by atoms with Crippen LogP contribution >= 0.6 is 0 Å². The second-order valence-corrected chi connectivity index (χ2v) is 11.7. The van der Waals surface area contributed by atoms with Crippen molar-refractivity contribution >= 4 is 24.5 Å². The van der Waals surface area contributed by atoms with Gasteiger partial charge in [-0.1, -0.05) is 30.3 Å². The number of hydrogen-bond donors (Lipinski definition) is 0. The van der Waals surface area contributed by atoms with Crippen LogP contribution in [0.2, 0.25) is 0 Å². The fraction of sp³-hybridized carbons (Fsp3) is 0.394. The maximum absolute atomic E-state index is 15.5. The minimum atomic E-state index is -1.11. The predicted octanol–water partition coefficient (Wildman–Crippen LogP) is 4.25. The molecule has 0 N–H and O–H groups in total. The molecule has 2 fully saturated rings. The van der Waals surface area contributed by atoms with Gasteiger partial charge >= 0.3 is 19.1 Å². The molecule has 0 aliphatic carbocycles. The number of halogens is 1. The van der Waals surface area contributed by atoms with E-state index in [2.05, 4.69) is 0 Å². The van der Waals surface area contributed by atoms with Crippen LogP contribution in [0.15, 0.2) is 48.5 Å². The zero-order chi connectivity index (χ0) is 31.6. The summed E-state index contributed by atoms with van der Waals surface area (Å²) in [5.41, 5.74) is 5.56. The van der Waals surface area contributed by atoms with Gasteiger partial charge in [0.2, 0.25) is 0 Å². The molecule has 1 atom stereocenters. The van der Waals surface area contributed by atoms with Gasteiger partial charge in [-0.05, 0) is 93.2 Å². The van der Waals surface area contributed by atoms with Crippen LogP contribution in [0.1, 0.15) is 36.1 Å². The van der Waals surface area contributed by atoms with Crippen LogP contribution < -0.4 is 14.9 Å². The molecular weight excluding hydrogens is 568 g/mol. The van der Waals surface area contributed by atoms with Crippen molar-refractivity contribution in [1.29, 1.82) is 0 Å². The van der Waals surface area contributed by atoms with E-state index in [9.17, 15) is 9.59 Å². The molecule has 5 rings (SSSR count). The largest absolute Gasteiger partial charge is 0.636 e. The number of benzene rings is 3. The Morgan fingerprint density at radius 2 is 1.66 bits per heavy atom. The third-order valence-corrected chi connectivity index (χ3v) is 7.69. The highest BCUT2D eigenvalue weighted by atomic mass is 19.1. The summed E-state index contributed by atoms with van der Waals surface area (Å²) in [4.78, 5) is 25.7. The van der Waals surface area contributed by atoms with Crippen LogP contribution in [0, 0.1) is 26.6 Å². The normalized spacial score (nSPS) is 18.8. The first-order chi connectivity index (χ1) is 20.9. The van der Waals surface area contributed by atoms with E-state index in [-0.39, 0.29) is 38.2 Å². The van der Waals surface area contributed by atoms with E-state index in [1.54, 1.807) is 44.3 Å². The summed E-state index contributed by atoms with van der Waals surface area (Å²) in [5, 5.41) is 0. The van der Waals surface area contributed by atoms with Gasteiger partial charge in [-0.15, -0.1) is 0 Å². The Hall–Kier alpha value is -3.93. The molecule has 232 valence electrons. The van der Waals surface area contributed by atoms with E-state index < -0.39 is 30.7 Å². The highest BCUT2D eigenvalue weighted by molar-refractivity contribution is 6.64. The third-order valence-electron chi connectivity index (χ3n) is 7.69. The van der Waals surface area contributed by atoms with Crippen molar-refractivity contribution in [3.05, 3.63) is 76.6 Å². The quantitative estimate of drug-likeness (QED) is 0.350. The molecule has 3 aromatic carbocycles. The highest BCUT2D eigenvalue weighted by Gasteiger charge is 2.34. The highest BCUT2D eigenvalue weighted by Crippen LogP contribution is 2.37. The lowest BCUT2D eigenvalue weighted by molar-refractivity contribution is -0.145. The standard InChI is InChI=1S/C33H37BFNO8/c1-20-14-28(40-18-26-19-41-33(4,5)42-26)32(35)22(3)31(20)27-9-7-8-23(21(27)2)17-39-25-12-10-24(11-13-25)34-43-29(37)15-36(6)16-30(38)44-34/h7-14,26H,15-19H2,1-6H3/t26-/m0/s1. The molecule has 44 heavy (non-hydrogen) atoms. The average Bonchev–Trinajstić information content (AvgIpc) is 3.31. The Morgan fingerprint density at radius 1 is 0.977 bits per heavy atom. The maximum atomic E-state index is 15.5. The summed E-state index contributed by atoms with van der Waals surface area (Å²) in [6, 6.07) is 14.5. The van der Waals surface area contributed by atoms with Gasteiger partial charge in [0.15, 0.2) is 17.4 Å². The fourth-order valence-corrected chi connectivity index (χ4v) is 5.43. The molecule has 11 heteroatoms. The number of hydrogen-bond acceptors (Lipinski definition) is 9. The van der Waals surface area contributed by atoms with Crippen molar-refractivity contribution in [2.24, 2.45) is 0 Å². The first-order valence-corrected chi connectivity index (χ1v) is 14.5. The number of carbonyl (C=O) groups excluding carboxylic acids is 2. The van der Waals surface area contributed by atoms with Gasteiger partial charge in [0.1, 0.15) is 25.1 Å². The van der Waals surface area contributed by atoms with Gasteiger partial charge in [-0.3, -0.25) is 14.5 Å². The molecule has 0 saturated carbocycles. The van der Waals surface area contributed by atoms with Gasteiger partial charge in [-0.25, -0.2) is 4.39 Å². The summed E-state index contributed by atoms with van der Waals surface area (Å²) >= 11 is 0. The second kappa shape index (κ2) is 13.0. The van der Waals surface area contributed by atoms with Gasteiger partial charge in [0, 0.05) is 5.46 Å². The van der Waals surface area contributed by atoms with Crippen LogP contribution in [0.25, 0.3) is 11.1 Å². The second-order valence-electron chi connectivity index (χ2n) is 11.7. The molecule has 0 radical (unpaired) electrons. The van der Waals surface area contributed by atoms with Gasteiger partial charge < -0.3 is 28.3 Å². The number of carbonyl (C=O) groups is 2. The lowest BCUT2D eigenvalue weighted by atomic mass is 9.78. The van der Waals surface area contributed by atoms with Crippen molar-refractivity contribution in [3.8, 4) is 22.6 Å². The summed E-state index contributed by atoms with van der Waals surface area (Å²) in [5.74, 6) is -1.26. The molecule has 0 aromatic heterocycles. The van der Waals surface area contributed by atoms with Gasteiger partial charge in [0.25, 0.3) is 0 Å². The zero-order valence-electron chi connectivity index (χ0n) is 25.9. The monoisotopic (exact) mass is 605 g/mol. The smallest absolute Gasteiger partial charge is 0.494 e. The van der Waals surface area contributed by atoms with Crippen LogP contribution in [-0.2, 0) is 35.0 Å². The van der Waals surface area contributed by atoms with Crippen molar-refractivity contribution in [2.75, 3.05) is 33.4 Å². The Morgan fingerprint density at radius 3 is 2.30 bits per heavy atom. The first-order valence-electron chi connectivity index (χ1n) is 14.5. The molecule has 2 heterocycles. The average molecular weight is 605 g/mol. The Labute approximate surface area is 257 Å². The topological polar surface area (TPSA) is 92.8 Å². The van der Waals surface area contributed by atoms with Crippen molar-refractivity contribution in [2.45, 2.75) is 53.1 Å². The van der Waals surface area contributed by atoms with Crippen molar-refractivity contribution < 1.29 is 42.2 Å². The number of rotatable bonds is 8. The Kier molecular flexibility index (Phi) is 9.29. The van der Waals surface area contributed by atoms with E-state index in [0.29, 0.717) is 23.4 Å². The van der Waals surface area contributed by atoms with Gasteiger partial charge in [0.05, 0.1) is 19.7 Å². The van der Waals surface area contributed by atoms with Crippen molar-refractivity contribution in [1.82, 2.24) is 4.90 Å². The molecule has 0 amide bonds. The van der Waals surface area contributed by atoms with E-state index in [4.69, 9.17) is 28.3 Å². The maximum Gasteiger partial charge on any atom is 0.636 e. The minimum Gasteiger partial charge on any atom is -0.494 e. The number of aryl methyl sites for hydroxylation is 1. The summed E-state index contributed by atoms with van der Waals surface area (Å²) in [6.07, 6.45) is -0.265. The number of ether oxygens (including phenoxy) is 4. The molecule has 3 aromatic rings. The molecule has 2 aliphatic rings. The van der Waals surface area contributed by atoms with Crippen LogP contribution in [-0.4, -0.2) is 69.2 Å². The summed E-state index contributed by atoms with van der Waals surface area (Å²) in [6.45, 7) is 10.2. The Balaban J connectivity index is 1.27. The third kappa shape index (κ3) is 7.23. The molecule has 9 nitrogen and oxygen atoms in total. The molecule has 2 saturated heterocycles. The van der Waals surface area contributed by atoms with Crippen LogP contribution in [0.5, 0.6) is 11.5 Å². The number of likely N-dealkylation sites (N-methyl/N-ethyl adjacent to an activating group) is 1. The van der Waals surface area contributed by atoms with Crippen LogP contribution in [0.4, 0.5) is 4.39 Å².